The van der Waals surface area contributed by atoms with Gasteiger partial charge in [-0.2, -0.15) is 0 Å². The van der Waals surface area contributed by atoms with Crippen molar-refractivity contribution in [3.63, 3.8) is 0 Å². The standard InChI is InChI=1S/C17H25N3O3S2/c1-23-16-4-2-14(3-5-16)12-18-17(24)20-9-7-19(8-10-20)15-6-11-25(21,22)13-15/h2-5,15H,6-13H2,1H3,(H,18,24)/t15-/m0/s1. The highest BCUT2D eigenvalue weighted by atomic mass is 32.2. The number of thiocarbonyl (C=S) groups is 1. The number of methoxy groups -OCH3 is 1. The van der Waals surface area contributed by atoms with E-state index in [0.717, 1.165) is 49.0 Å². The summed E-state index contributed by atoms with van der Waals surface area (Å²) in [6.07, 6.45) is 0.766. The number of rotatable bonds is 4. The summed E-state index contributed by atoms with van der Waals surface area (Å²) >= 11 is 5.51. The normalized spacial score (nSPS) is 23.4. The van der Waals surface area contributed by atoms with Gasteiger partial charge in [0.25, 0.3) is 0 Å². The highest BCUT2D eigenvalue weighted by Gasteiger charge is 2.33. The molecule has 0 amide bonds. The Labute approximate surface area is 155 Å². The van der Waals surface area contributed by atoms with Crippen molar-refractivity contribution in [2.45, 2.75) is 19.0 Å². The van der Waals surface area contributed by atoms with Crippen LogP contribution in [0.1, 0.15) is 12.0 Å². The number of sulfone groups is 1. The summed E-state index contributed by atoms with van der Waals surface area (Å²) in [6, 6.07) is 8.11. The van der Waals surface area contributed by atoms with E-state index in [0.29, 0.717) is 18.1 Å². The molecule has 138 valence electrons. The molecule has 1 aromatic rings. The molecule has 2 fully saturated rings. The molecule has 0 radical (unpaired) electrons. The number of hydrogen-bond donors (Lipinski definition) is 1. The fraction of sp³-hybridized carbons (Fsp3) is 0.588. The maximum absolute atomic E-state index is 11.6. The van der Waals surface area contributed by atoms with Crippen molar-refractivity contribution in [2.75, 3.05) is 44.8 Å². The van der Waals surface area contributed by atoms with Crippen LogP contribution in [0.4, 0.5) is 0 Å². The molecule has 2 aliphatic heterocycles. The molecule has 0 aliphatic carbocycles. The minimum Gasteiger partial charge on any atom is -0.497 e. The second kappa shape index (κ2) is 7.88. The van der Waals surface area contributed by atoms with Crippen molar-refractivity contribution in [3.8, 4) is 5.75 Å². The maximum atomic E-state index is 11.6. The predicted molar refractivity (Wildman–Crippen MR) is 103 cm³/mol. The topological polar surface area (TPSA) is 61.9 Å². The second-order valence-electron chi connectivity index (χ2n) is 6.59. The minimum absolute atomic E-state index is 0.188. The van der Waals surface area contributed by atoms with Crippen molar-refractivity contribution < 1.29 is 13.2 Å². The van der Waals surface area contributed by atoms with Crippen LogP contribution in [0.15, 0.2) is 24.3 Å². The van der Waals surface area contributed by atoms with Crippen LogP contribution in [-0.4, -0.2) is 74.2 Å². The highest BCUT2D eigenvalue weighted by Crippen LogP contribution is 2.19. The molecule has 25 heavy (non-hydrogen) atoms. The predicted octanol–water partition coefficient (Wildman–Crippen LogP) is 0.874. The molecule has 2 aliphatic rings. The lowest BCUT2D eigenvalue weighted by molar-refractivity contribution is 0.142. The lowest BCUT2D eigenvalue weighted by atomic mass is 10.2. The number of benzene rings is 1. The lowest BCUT2D eigenvalue weighted by Crippen LogP contribution is -2.54. The molecular weight excluding hydrogens is 358 g/mol. The number of nitrogens with one attached hydrogen (secondary N) is 1. The number of nitrogens with zero attached hydrogens (tertiary/aromatic N) is 2. The van der Waals surface area contributed by atoms with Gasteiger partial charge in [0.05, 0.1) is 18.6 Å². The number of ether oxygens (including phenoxy) is 1. The molecular formula is C17H25N3O3S2. The van der Waals surface area contributed by atoms with Crippen LogP contribution in [0, 0.1) is 0 Å². The molecule has 1 aromatic carbocycles. The van der Waals surface area contributed by atoms with E-state index in [2.05, 4.69) is 15.1 Å². The van der Waals surface area contributed by atoms with Crippen LogP contribution >= 0.6 is 12.2 Å². The van der Waals surface area contributed by atoms with Crippen LogP contribution in [0.3, 0.4) is 0 Å². The number of hydrogen-bond acceptors (Lipinski definition) is 5. The molecule has 0 spiro atoms. The van der Waals surface area contributed by atoms with E-state index in [1.54, 1.807) is 7.11 Å². The Morgan fingerprint density at radius 2 is 1.92 bits per heavy atom. The molecule has 8 heteroatoms. The summed E-state index contributed by atoms with van der Waals surface area (Å²) in [5.74, 6) is 1.49. The van der Waals surface area contributed by atoms with E-state index < -0.39 is 9.84 Å². The average molecular weight is 384 g/mol. The van der Waals surface area contributed by atoms with Gasteiger partial charge in [-0.05, 0) is 36.3 Å². The van der Waals surface area contributed by atoms with E-state index in [-0.39, 0.29) is 6.04 Å². The first-order chi connectivity index (χ1) is 12.0. The monoisotopic (exact) mass is 383 g/mol. The first-order valence-corrected chi connectivity index (χ1v) is 10.8. The smallest absolute Gasteiger partial charge is 0.169 e. The Hall–Kier alpha value is -1.38. The highest BCUT2D eigenvalue weighted by molar-refractivity contribution is 7.91. The quantitative estimate of drug-likeness (QED) is 0.774. The number of piperazine rings is 1. The van der Waals surface area contributed by atoms with Crippen molar-refractivity contribution in [1.82, 2.24) is 15.1 Å². The summed E-state index contributed by atoms with van der Waals surface area (Å²) in [5.41, 5.74) is 1.15. The Morgan fingerprint density at radius 3 is 2.48 bits per heavy atom. The van der Waals surface area contributed by atoms with Gasteiger partial charge in [-0.1, -0.05) is 12.1 Å². The van der Waals surface area contributed by atoms with Gasteiger partial charge in [-0.25, -0.2) is 8.42 Å². The first-order valence-electron chi connectivity index (χ1n) is 8.57. The van der Waals surface area contributed by atoms with Gasteiger partial charge < -0.3 is 15.0 Å². The third-order valence-electron chi connectivity index (χ3n) is 4.93. The van der Waals surface area contributed by atoms with Gasteiger partial charge in [0, 0.05) is 38.8 Å². The molecule has 0 bridgehead atoms. The van der Waals surface area contributed by atoms with E-state index >= 15 is 0 Å². The van der Waals surface area contributed by atoms with Crippen molar-refractivity contribution in [1.29, 1.82) is 0 Å². The zero-order valence-corrected chi connectivity index (χ0v) is 16.1. The van der Waals surface area contributed by atoms with Gasteiger partial charge in [0.1, 0.15) is 5.75 Å². The summed E-state index contributed by atoms with van der Waals surface area (Å²) in [7, 11) is -1.17. The molecule has 0 aromatic heterocycles. The second-order valence-corrected chi connectivity index (χ2v) is 9.20. The van der Waals surface area contributed by atoms with Gasteiger partial charge >= 0.3 is 0 Å². The van der Waals surface area contributed by atoms with Crippen molar-refractivity contribution in [2.24, 2.45) is 0 Å². The fourth-order valence-corrected chi connectivity index (χ4v) is 5.40. The van der Waals surface area contributed by atoms with E-state index in [9.17, 15) is 8.42 Å². The first kappa shape index (κ1) is 18.4. The minimum atomic E-state index is -2.82. The maximum Gasteiger partial charge on any atom is 0.169 e. The Morgan fingerprint density at radius 1 is 1.24 bits per heavy atom. The molecule has 2 heterocycles. The van der Waals surface area contributed by atoms with E-state index in [1.165, 1.54) is 0 Å². The summed E-state index contributed by atoms with van der Waals surface area (Å²) in [5, 5.41) is 4.06. The van der Waals surface area contributed by atoms with E-state index in [1.807, 2.05) is 24.3 Å². The molecule has 0 saturated carbocycles. The van der Waals surface area contributed by atoms with Gasteiger partial charge in [-0.15, -0.1) is 0 Å². The van der Waals surface area contributed by atoms with E-state index in [4.69, 9.17) is 17.0 Å². The molecule has 1 atom stereocenters. The van der Waals surface area contributed by atoms with Crippen LogP contribution in [-0.2, 0) is 16.4 Å². The summed E-state index contributed by atoms with van der Waals surface area (Å²) in [4.78, 5) is 4.46. The Kier molecular flexibility index (Phi) is 5.81. The van der Waals surface area contributed by atoms with Crippen LogP contribution in [0.2, 0.25) is 0 Å². The lowest BCUT2D eigenvalue weighted by Gasteiger charge is -2.38. The van der Waals surface area contributed by atoms with Crippen LogP contribution in [0.25, 0.3) is 0 Å². The molecule has 1 N–H and O–H groups in total. The van der Waals surface area contributed by atoms with Crippen LogP contribution < -0.4 is 10.1 Å². The largest absolute Gasteiger partial charge is 0.497 e. The van der Waals surface area contributed by atoms with Crippen molar-refractivity contribution in [3.05, 3.63) is 29.8 Å². The SMILES string of the molecule is COc1ccc(CNC(=S)N2CCN([C@H]3CCS(=O)(=O)C3)CC2)cc1. The summed E-state index contributed by atoms with van der Waals surface area (Å²) < 4.78 is 28.4. The van der Waals surface area contributed by atoms with Crippen molar-refractivity contribution >= 4 is 27.2 Å². The average Bonchev–Trinajstić information content (AvgIpc) is 3.00. The van der Waals surface area contributed by atoms with Gasteiger partial charge in [0.15, 0.2) is 14.9 Å². The molecule has 2 saturated heterocycles. The molecule has 3 rings (SSSR count). The fourth-order valence-electron chi connectivity index (χ4n) is 3.39. The molecule has 0 unspecified atom stereocenters. The van der Waals surface area contributed by atoms with Gasteiger partial charge in [0.2, 0.25) is 0 Å². The zero-order valence-electron chi connectivity index (χ0n) is 14.5. The Bertz CT molecular complexity index is 698. The zero-order chi connectivity index (χ0) is 17.9. The van der Waals surface area contributed by atoms with Gasteiger partial charge in [-0.3, -0.25) is 4.90 Å². The summed E-state index contributed by atoms with van der Waals surface area (Å²) in [6.45, 7) is 4.09. The third-order valence-corrected chi connectivity index (χ3v) is 7.08. The van der Waals surface area contributed by atoms with Crippen LogP contribution in [0.5, 0.6) is 5.75 Å². The molecule has 6 nitrogen and oxygen atoms in total. The third kappa shape index (κ3) is 4.83. The Balaban J connectivity index is 1.43.